The Kier molecular flexibility index (Phi) is 9.45. The highest BCUT2D eigenvalue weighted by atomic mass is 16.6. The second-order valence-electron chi connectivity index (χ2n) is 9.78. The molecule has 2 aliphatic heterocycles. The van der Waals surface area contributed by atoms with Gasteiger partial charge in [0.15, 0.2) is 11.5 Å². The average Bonchev–Trinajstić information content (AvgIpc) is 3.56. The molecule has 2 heterocycles. The van der Waals surface area contributed by atoms with Crippen LogP contribution in [-0.2, 0) is 39.9 Å². The van der Waals surface area contributed by atoms with E-state index in [0.717, 1.165) is 5.56 Å². The number of hydrogen-bond donors (Lipinski definition) is 3. The van der Waals surface area contributed by atoms with Crippen molar-refractivity contribution in [3.63, 3.8) is 0 Å². The van der Waals surface area contributed by atoms with Crippen LogP contribution in [0, 0.1) is 5.92 Å². The van der Waals surface area contributed by atoms with Crippen LogP contribution in [-0.4, -0.2) is 86.5 Å². The molecule has 0 bridgehead atoms. The number of Topliss-reactive ketones (excluding diaryl/α,β-unsaturated/α-hetero) is 1. The van der Waals surface area contributed by atoms with Crippen molar-refractivity contribution >= 4 is 29.2 Å². The smallest absolute Gasteiger partial charge is 0.270 e. The number of nitrogens with zero attached hydrogens (tertiary/aromatic N) is 1. The zero-order valence-corrected chi connectivity index (χ0v) is 22.5. The van der Waals surface area contributed by atoms with Crippen LogP contribution < -0.4 is 20.7 Å². The summed E-state index contributed by atoms with van der Waals surface area (Å²) >= 11 is 0. The maximum atomic E-state index is 13.1. The van der Waals surface area contributed by atoms with E-state index in [1.54, 1.807) is 40.0 Å². The minimum Gasteiger partial charge on any atom is -0.497 e. The fourth-order valence-corrected chi connectivity index (χ4v) is 3.87. The first-order valence-corrected chi connectivity index (χ1v) is 12.4. The van der Waals surface area contributed by atoms with Gasteiger partial charge in [0, 0.05) is 13.0 Å². The van der Waals surface area contributed by atoms with E-state index in [1.807, 2.05) is 12.1 Å². The molecule has 0 spiro atoms. The highest BCUT2D eigenvalue weighted by Gasteiger charge is 2.50. The number of oxime groups is 1. The summed E-state index contributed by atoms with van der Waals surface area (Å²) in [7, 11) is 2.95. The van der Waals surface area contributed by atoms with E-state index in [9.17, 15) is 19.2 Å². The Labute approximate surface area is 221 Å². The van der Waals surface area contributed by atoms with Gasteiger partial charge in [-0.2, -0.15) is 0 Å². The van der Waals surface area contributed by atoms with E-state index >= 15 is 0 Å². The first-order valence-electron chi connectivity index (χ1n) is 12.4. The molecule has 0 saturated carbocycles. The molecule has 1 fully saturated rings. The van der Waals surface area contributed by atoms with Gasteiger partial charge in [-0.1, -0.05) is 24.2 Å². The van der Waals surface area contributed by atoms with E-state index in [4.69, 9.17) is 19.0 Å². The molecule has 3 amide bonds. The summed E-state index contributed by atoms with van der Waals surface area (Å²) in [6.45, 7) is 6.90. The molecule has 208 valence electrons. The minimum atomic E-state index is -1.08. The number of carbonyl (C=O) groups is 4. The number of carbonyl (C=O) groups excluding carboxylic acids is 4. The van der Waals surface area contributed by atoms with Gasteiger partial charge in [0.2, 0.25) is 11.8 Å². The van der Waals surface area contributed by atoms with Crippen LogP contribution in [0.25, 0.3) is 0 Å². The standard InChI is InChI=1S/C26H36N4O8/c1-14-16(3)38-30-21(14)25(34)29-20(12-35-5)24(33)27-15(2)23(32)28-19(22(31)26(4)13-37-26)11-17-7-9-18(36-6)10-8-17/h7-10,14-16,19-20H,11-13H2,1-6H3,(H,27,33)(H,28,32)(H,29,34)/t14-,15+,16?,19?,20?,26?/m1/s1. The molecule has 0 aliphatic carbocycles. The summed E-state index contributed by atoms with van der Waals surface area (Å²) in [4.78, 5) is 56.8. The van der Waals surface area contributed by atoms with Gasteiger partial charge in [-0.3, -0.25) is 19.2 Å². The molecule has 0 aromatic heterocycles. The van der Waals surface area contributed by atoms with Crippen molar-refractivity contribution in [3.8, 4) is 5.75 Å². The van der Waals surface area contributed by atoms with Gasteiger partial charge in [0.1, 0.15) is 29.5 Å². The Morgan fingerprint density at radius 2 is 1.71 bits per heavy atom. The predicted octanol–water partition coefficient (Wildman–Crippen LogP) is 0.127. The number of ether oxygens (including phenoxy) is 3. The van der Waals surface area contributed by atoms with E-state index in [0.29, 0.717) is 5.75 Å². The lowest BCUT2D eigenvalue weighted by Gasteiger charge is -2.24. The van der Waals surface area contributed by atoms with Gasteiger partial charge in [-0.15, -0.1) is 0 Å². The molecule has 1 aromatic carbocycles. The number of benzene rings is 1. The second kappa shape index (κ2) is 12.4. The summed E-state index contributed by atoms with van der Waals surface area (Å²) in [5, 5.41) is 11.7. The third kappa shape index (κ3) is 7.07. The Hall–Kier alpha value is -3.51. The van der Waals surface area contributed by atoms with Crippen molar-refractivity contribution in [3.05, 3.63) is 29.8 Å². The number of rotatable bonds is 13. The third-order valence-corrected chi connectivity index (χ3v) is 6.72. The monoisotopic (exact) mass is 532 g/mol. The van der Waals surface area contributed by atoms with E-state index in [2.05, 4.69) is 21.1 Å². The summed E-state index contributed by atoms with van der Waals surface area (Å²) < 4.78 is 15.6. The van der Waals surface area contributed by atoms with Crippen molar-refractivity contribution in [2.45, 2.75) is 63.9 Å². The minimum absolute atomic E-state index is 0.127. The summed E-state index contributed by atoms with van der Waals surface area (Å²) in [6.07, 6.45) is -0.0248. The fourth-order valence-electron chi connectivity index (χ4n) is 3.87. The number of ketones is 1. The van der Waals surface area contributed by atoms with Gasteiger partial charge in [-0.25, -0.2) is 0 Å². The highest BCUT2D eigenvalue weighted by molar-refractivity contribution is 6.40. The third-order valence-electron chi connectivity index (χ3n) is 6.72. The summed E-state index contributed by atoms with van der Waals surface area (Å²) in [5.74, 6) is -1.58. The SMILES string of the molecule is COCC(NC(=O)C1=NOC(C)[C@H]1C)C(=O)N[C@@H](C)C(=O)NC(Cc1ccc(OC)cc1)C(=O)C1(C)CO1. The molecule has 4 unspecified atom stereocenters. The zero-order valence-electron chi connectivity index (χ0n) is 22.5. The lowest BCUT2D eigenvalue weighted by Crippen LogP contribution is -2.57. The highest BCUT2D eigenvalue weighted by Crippen LogP contribution is 2.29. The molecule has 12 heteroatoms. The molecular weight excluding hydrogens is 496 g/mol. The number of methoxy groups -OCH3 is 2. The second-order valence-corrected chi connectivity index (χ2v) is 9.78. The van der Waals surface area contributed by atoms with E-state index < -0.39 is 41.4 Å². The van der Waals surface area contributed by atoms with Crippen LogP contribution in [0.4, 0.5) is 0 Å². The lowest BCUT2D eigenvalue weighted by atomic mass is 9.94. The van der Waals surface area contributed by atoms with Crippen molar-refractivity contribution in [1.29, 1.82) is 0 Å². The van der Waals surface area contributed by atoms with Crippen molar-refractivity contribution < 1.29 is 38.2 Å². The van der Waals surface area contributed by atoms with Crippen LogP contribution in [0.1, 0.15) is 33.3 Å². The summed E-state index contributed by atoms with van der Waals surface area (Å²) in [5.41, 5.74) is 0.0370. The van der Waals surface area contributed by atoms with Crippen LogP contribution in [0.2, 0.25) is 0 Å². The quantitative estimate of drug-likeness (QED) is 0.303. The molecule has 38 heavy (non-hydrogen) atoms. The number of epoxide rings is 1. The molecule has 3 rings (SSSR count). The van der Waals surface area contributed by atoms with E-state index in [-0.39, 0.29) is 43.2 Å². The molecule has 0 radical (unpaired) electrons. The lowest BCUT2D eigenvalue weighted by molar-refractivity contribution is -0.134. The summed E-state index contributed by atoms with van der Waals surface area (Å²) in [6, 6.07) is 4.20. The number of hydrogen-bond acceptors (Lipinski definition) is 9. The van der Waals surface area contributed by atoms with Crippen molar-refractivity contribution in [2.75, 3.05) is 27.4 Å². The average molecular weight is 533 g/mol. The topological polar surface area (TPSA) is 157 Å². The Bertz CT molecular complexity index is 1070. The first-order chi connectivity index (χ1) is 18.0. The maximum absolute atomic E-state index is 13.1. The fraction of sp³-hybridized carbons (Fsp3) is 0.577. The predicted molar refractivity (Wildman–Crippen MR) is 137 cm³/mol. The molecule has 2 aliphatic rings. The van der Waals surface area contributed by atoms with Crippen molar-refractivity contribution in [2.24, 2.45) is 11.1 Å². The number of amides is 3. The van der Waals surface area contributed by atoms with Gasteiger partial charge in [0.05, 0.1) is 26.4 Å². The molecule has 12 nitrogen and oxygen atoms in total. The van der Waals surface area contributed by atoms with Crippen LogP contribution in [0.3, 0.4) is 0 Å². The van der Waals surface area contributed by atoms with Gasteiger partial charge in [-0.05, 0) is 44.9 Å². The van der Waals surface area contributed by atoms with Gasteiger partial charge < -0.3 is 35.0 Å². The molecule has 6 atom stereocenters. The Balaban J connectivity index is 1.63. The largest absolute Gasteiger partial charge is 0.497 e. The van der Waals surface area contributed by atoms with Crippen LogP contribution in [0.5, 0.6) is 5.75 Å². The molecular formula is C26H36N4O8. The van der Waals surface area contributed by atoms with Crippen LogP contribution >= 0.6 is 0 Å². The van der Waals surface area contributed by atoms with E-state index in [1.165, 1.54) is 14.0 Å². The first kappa shape index (κ1) is 29.1. The Morgan fingerprint density at radius 1 is 1.05 bits per heavy atom. The van der Waals surface area contributed by atoms with Crippen LogP contribution in [0.15, 0.2) is 29.4 Å². The zero-order chi connectivity index (χ0) is 28.0. The molecule has 3 N–H and O–H groups in total. The van der Waals surface area contributed by atoms with Gasteiger partial charge >= 0.3 is 0 Å². The molecule has 1 aromatic rings. The van der Waals surface area contributed by atoms with Crippen molar-refractivity contribution in [1.82, 2.24) is 16.0 Å². The van der Waals surface area contributed by atoms with Gasteiger partial charge in [0.25, 0.3) is 5.91 Å². The Morgan fingerprint density at radius 3 is 2.24 bits per heavy atom. The molecule has 1 saturated heterocycles. The maximum Gasteiger partial charge on any atom is 0.270 e. The normalized spacial score (nSPS) is 24.2. The number of nitrogens with one attached hydrogen (secondary N) is 3.